The Morgan fingerprint density at radius 3 is 3.26 bits per heavy atom. The van der Waals surface area contributed by atoms with Crippen LogP contribution in [0.4, 0.5) is 0 Å². The summed E-state index contributed by atoms with van der Waals surface area (Å²) in [5.41, 5.74) is 1.33. The molecule has 1 aromatic rings. The molecule has 0 saturated carbocycles. The van der Waals surface area contributed by atoms with Crippen LogP contribution in [-0.4, -0.2) is 54.6 Å². The molecule has 1 saturated heterocycles. The molecule has 1 amide bonds. The smallest absolute Gasteiger partial charge is 0.237 e. The number of ether oxygens (including phenoxy) is 1. The number of morpholine rings is 1. The maximum Gasteiger partial charge on any atom is 0.237 e. The molecule has 3 heterocycles. The van der Waals surface area contributed by atoms with E-state index >= 15 is 0 Å². The summed E-state index contributed by atoms with van der Waals surface area (Å²) in [5.74, 6) is 0.256. The Morgan fingerprint density at radius 1 is 1.53 bits per heavy atom. The summed E-state index contributed by atoms with van der Waals surface area (Å²) in [5, 5.41) is 2.13. The highest BCUT2D eigenvalue weighted by Crippen LogP contribution is 2.24. The van der Waals surface area contributed by atoms with Gasteiger partial charge >= 0.3 is 0 Å². The van der Waals surface area contributed by atoms with E-state index in [1.165, 1.54) is 10.4 Å². The van der Waals surface area contributed by atoms with Crippen molar-refractivity contribution in [3.63, 3.8) is 0 Å². The molecule has 0 bridgehead atoms. The van der Waals surface area contributed by atoms with Crippen molar-refractivity contribution in [1.29, 1.82) is 0 Å². The topological polar surface area (TPSA) is 32.8 Å². The summed E-state index contributed by atoms with van der Waals surface area (Å²) < 4.78 is 5.51. The fourth-order valence-electron chi connectivity index (χ4n) is 2.79. The van der Waals surface area contributed by atoms with E-state index in [1.807, 2.05) is 16.2 Å². The van der Waals surface area contributed by atoms with Gasteiger partial charge in [0.2, 0.25) is 5.91 Å². The van der Waals surface area contributed by atoms with Gasteiger partial charge in [0.15, 0.2) is 0 Å². The van der Waals surface area contributed by atoms with Gasteiger partial charge in [-0.25, -0.2) is 0 Å². The molecule has 0 radical (unpaired) electrons. The molecular weight excluding hydrogens is 260 g/mol. The first-order valence-electron chi connectivity index (χ1n) is 6.89. The van der Waals surface area contributed by atoms with Crippen LogP contribution < -0.4 is 0 Å². The van der Waals surface area contributed by atoms with Crippen LogP contribution in [0.2, 0.25) is 0 Å². The lowest BCUT2D eigenvalue weighted by molar-refractivity contribution is -0.135. The first kappa shape index (κ1) is 13.1. The van der Waals surface area contributed by atoms with Gasteiger partial charge in [0.05, 0.1) is 19.3 Å². The zero-order valence-electron chi connectivity index (χ0n) is 11.3. The summed E-state index contributed by atoms with van der Waals surface area (Å²) in [6, 6.07) is 2.15. The van der Waals surface area contributed by atoms with Crippen LogP contribution in [0.1, 0.15) is 17.4 Å². The van der Waals surface area contributed by atoms with Crippen LogP contribution in [0.15, 0.2) is 11.4 Å². The molecule has 2 aliphatic rings. The molecule has 3 rings (SSSR count). The number of fused-ring (bicyclic) bond motifs is 1. The Hall–Kier alpha value is -0.910. The highest BCUT2D eigenvalue weighted by atomic mass is 32.1. The molecule has 0 aliphatic carbocycles. The van der Waals surface area contributed by atoms with Crippen molar-refractivity contribution in [2.24, 2.45) is 0 Å². The van der Waals surface area contributed by atoms with Gasteiger partial charge in [0, 0.05) is 31.1 Å². The fourth-order valence-corrected chi connectivity index (χ4v) is 3.68. The first-order chi connectivity index (χ1) is 9.22. The molecule has 104 valence electrons. The molecule has 1 aromatic heterocycles. The SMILES string of the molecule is C[C@@H]1CN(CC(=O)N2CCc3sccc3C2)CCO1. The third-order valence-corrected chi connectivity index (χ3v) is 4.87. The minimum Gasteiger partial charge on any atom is -0.376 e. The molecule has 1 atom stereocenters. The van der Waals surface area contributed by atoms with Crippen molar-refractivity contribution < 1.29 is 9.53 Å². The van der Waals surface area contributed by atoms with Crippen LogP contribution in [-0.2, 0) is 22.5 Å². The molecule has 5 heteroatoms. The van der Waals surface area contributed by atoms with Crippen molar-refractivity contribution in [1.82, 2.24) is 9.80 Å². The lowest BCUT2D eigenvalue weighted by atomic mass is 10.1. The molecule has 0 unspecified atom stereocenters. The normalized spacial score (nSPS) is 24.3. The maximum atomic E-state index is 12.4. The lowest BCUT2D eigenvalue weighted by Gasteiger charge is -2.33. The summed E-state index contributed by atoms with van der Waals surface area (Å²) in [6.07, 6.45) is 1.25. The number of nitrogens with zero attached hydrogens (tertiary/aromatic N) is 2. The molecule has 0 aromatic carbocycles. The number of rotatable bonds is 2. The van der Waals surface area contributed by atoms with Crippen LogP contribution in [0.5, 0.6) is 0 Å². The van der Waals surface area contributed by atoms with Gasteiger partial charge in [0.1, 0.15) is 0 Å². The third kappa shape index (κ3) is 2.99. The number of hydrogen-bond donors (Lipinski definition) is 0. The van der Waals surface area contributed by atoms with Crippen molar-refractivity contribution >= 4 is 17.2 Å². The Bertz CT molecular complexity index is 460. The predicted molar refractivity (Wildman–Crippen MR) is 75.3 cm³/mol. The maximum absolute atomic E-state index is 12.4. The Labute approximate surface area is 118 Å². The number of hydrogen-bond acceptors (Lipinski definition) is 4. The van der Waals surface area contributed by atoms with Gasteiger partial charge < -0.3 is 9.64 Å². The monoisotopic (exact) mass is 280 g/mol. The quantitative estimate of drug-likeness (QED) is 0.820. The van der Waals surface area contributed by atoms with Gasteiger partial charge in [-0.3, -0.25) is 9.69 Å². The Balaban J connectivity index is 1.56. The fraction of sp³-hybridized carbons (Fsp3) is 0.643. The van der Waals surface area contributed by atoms with Crippen molar-refractivity contribution in [3.8, 4) is 0 Å². The molecule has 0 N–H and O–H groups in total. The van der Waals surface area contributed by atoms with Gasteiger partial charge in [-0.05, 0) is 30.4 Å². The molecule has 2 aliphatic heterocycles. The van der Waals surface area contributed by atoms with Crippen molar-refractivity contribution in [3.05, 3.63) is 21.9 Å². The summed E-state index contributed by atoms with van der Waals surface area (Å²) >= 11 is 1.81. The number of carbonyl (C=O) groups is 1. The summed E-state index contributed by atoms with van der Waals surface area (Å²) in [6.45, 7) is 6.73. The molecular formula is C14H20N2O2S. The van der Waals surface area contributed by atoms with Gasteiger partial charge in [0.25, 0.3) is 0 Å². The van der Waals surface area contributed by atoms with Gasteiger partial charge in [-0.2, -0.15) is 0 Å². The van der Waals surface area contributed by atoms with E-state index in [-0.39, 0.29) is 12.0 Å². The van der Waals surface area contributed by atoms with E-state index in [0.717, 1.165) is 39.2 Å². The zero-order valence-corrected chi connectivity index (χ0v) is 12.1. The van der Waals surface area contributed by atoms with Gasteiger partial charge in [-0.1, -0.05) is 0 Å². The number of carbonyl (C=O) groups excluding carboxylic acids is 1. The largest absolute Gasteiger partial charge is 0.376 e. The predicted octanol–water partition coefficient (Wildman–Crippen LogP) is 1.35. The van der Waals surface area contributed by atoms with E-state index < -0.39 is 0 Å². The highest BCUT2D eigenvalue weighted by molar-refractivity contribution is 7.10. The van der Waals surface area contributed by atoms with Gasteiger partial charge in [-0.15, -0.1) is 11.3 Å². The van der Waals surface area contributed by atoms with Crippen LogP contribution in [0.3, 0.4) is 0 Å². The minimum atomic E-state index is 0.242. The van der Waals surface area contributed by atoms with E-state index in [0.29, 0.717) is 6.54 Å². The van der Waals surface area contributed by atoms with E-state index in [9.17, 15) is 4.79 Å². The lowest BCUT2D eigenvalue weighted by Crippen LogP contribution is -2.47. The average Bonchev–Trinajstić information content (AvgIpc) is 2.85. The molecule has 19 heavy (non-hydrogen) atoms. The van der Waals surface area contributed by atoms with Crippen molar-refractivity contribution in [2.75, 3.05) is 32.8 Å². The summed E-state index contributed by atoms with van der Waals surface area (Å²) in [4.78, 5) is 18.0. The number of thiophene rings is 1. The second-order valence-corrected chi connectivity index (χ2v) is 6.35. The number of amides is 1. The second kappa shape index (κ2) is 5.61. The van der Waals surface area contributed by atoms with Crippen molar-refractivity contribution in [2.45, 2.75) is 26.0 Å². The van der Waals surface area contributed by atoms with E-state index in [4.69, 9.17) is 4.74 Å². The standard InChI is InChI=1S/C14H20N2O2S/c1-11-8-15(5-6-18-11)10-14(17)16-4-2-13-12(9-16)3-7-19-13/h3,7,11H,2,4-6,8-10H2,1H3/t11-/m1/s1. The van der Waals surface area contributed by atoms with Crippen LogP contribution in [0.25, 0.3) is 0 Å². The zero-order chi connectivity index (χ0) is 13.2. The first-order valence-corrected chi connectivity index (χ1v) is 7.77. The van der Waals surface area contributed by atoms with Crippen LogP contribution in [0, 0.1) is 0 Å². The highest BCUT2D eigenvalue weighted by Gasteiger charge is 2.25. The molecule has 4 nitrogen and oxygen atoms in total. The summed E-state index contributed by atoms with van der Waals surface area (Å²) in [7, 11) is 0. The molecule has 0 spiro atoms. The third-order valence-electron chi connectivity index (χ3n) is 3.84. The average molecular weight is 280 g/mol. The van der Waals surface area contributed by atoms with E-state index in [1.54, 1.807) is 0 Å². The Morgan fingerprint density at radius 2 is 2.42 bits per heavy atom. The second-order valence-electron chi connectivity index (χ2n) is 5.35. The minimum absolute atomic E-state index is 0.242. The van der Waals surface area contributed by atoms with E-state index in [2.05, 4.69) is 23.3 Å². The molecule has 1 fully saturated rings. The Kier molecular flexibility index (Phi) is 3.86. The van der Waals surface area contributed by atoms with Crippen LogP contribution >= 0.6 is 11.3 Å².